The van der Waals surface area contributed by atoms with Crippen molar-refractivity contribution in [2.45, 2.75) is 20.8 Å². The van der Waals surface area contributed by atoms with Gasteiger partial charge >= 0.3 is 0 Å². The van der Waals surface area contributed by atoms with Crippen molar-refractivity contribution < 1.29 is 0 Å². The van der Waals surface area contributed by atoms with Gasteiger partial charge in [-0.2, -0.15) is 0 Å². The Morgan fingerprint density at radius 2 is 1.80 bits per heavy atom. The van der Waals surface area contributed by atoms with E-state index >= 15 is 0 Å². The number of aromatic nitrogens is 2. The minimum absolute atomic E-state index is 0.357. The summed E-state index contributed by atoms with van der Waals surface area (Å²) in [5.41, 5.74) is 5.67. The van der Waals surface area contributed by atoms with E-state index < -0.39 is 0 Å². The molecule has 0 amide bonds. The smallest absolute Gasteiger partial charge is 0.209 e. The number of hydrogen-bond donors (Lipinski definition) is 0. The van der Waals surface area contributed by atoms with Gasteiger partial charge in [0.15, 0.2) is 0 Å². The summed E-state index contributed by atoms with van der Waals surface area (Å²) in [4.78, 5) is 15.8. The molecule has 0 aliphatic heterocycles. The predicted molar refractivity (Wildman–Crippen MR) is 80.3 cm³/mol. The lowest BCUT2D eigenvalue weighted by Gasteiger charge is -2.04. The molecule has 0 aliphatic rings. The monoisotopic (exact) mass is 265 g/mol. The summed E-state index contributed by atoms with van der Waals surface area (Å²) in [5.74, 6) is 0.357. The fraction of sp³-hybridized carbons (Fsp3) is 0.188. The first-order valence-electron chi connectivity index (χ1n) is 6.50. The van der Waals surface area contributed by atoms with Gasteiger partial charge in [0.2, 0.25) is 5.82 Å². The molecule has 2 aromatic heterocycles. The molecule has 0 saturated heterocycles. The second-order valence-corrected chi connectivity index (χ2v) is 5.13. The highest BCUT2D eigenvalue weighted by Gasteiger charge is 2.16. The molecule has 3 aromatic rings. The van der Waals surface area contributed by atoms with Gasteiger partial charge in [-0.1, -0.05) is 29.8 Å². The van der Waals surface area contributed by atoms with Gasteiger partial charge in [-0.05, 0) is 43.1 Å². The zero-order valence-corrected chi connectivity index (χ0v) is 11.7. The molecule has 0 spiro atoms. The number of hydrogen-bond acceptors (Lipinski definition) is 3. The van der Waals surface area contributed by atoms with Crippen molar-refractivity contribution in [2.24, 2.45) is 5.18 Å². The summed E-state index contributed by atoms with van der Waals surface area (Å²) in [6.45, 7) is 6.04. The molecular formula is C16H15N3O. The molecule has 0 bridgehead atoms. The molecule has 0 radical (unpaired) electrons. The van der Waals surface area contributed by atoms with Crippen LogP contribution in [-0.2, 0) is 0 Å². The Labute approximate surface area is 117 Å². The molecule has 3 rings (SSSR count). The predicted octanol–water partition coefficient (Wildman–Crippen LogP) is 4.32. The zero-order valence-electron chi connectivity index (χ0n) is 11.7. The third kappa shape index (κ3) is 1.90. The maximum Gasteiger partial charge on any atom is 0.209 e. The Balaban J connectivity index is 2.33. The van der Waals surface area contributed by atoms with Crippen LogP contribution in [0.3, 0.4) is 0 Å². The summed E-state index contributed by atoms with van der Waals surface area (Å²) in [6, 6.07) is 9.97. The van der Waals surface area contributed by atoms with Crippen molar-refractivity contribution in [1.82, 2.24) is 9.38 Å². The van der Waals surface area contributed by atoms with Gasteiger partial charge in [0.1, 0.15) is 11.3 Å². The lowest BCUT2D eigenvalue weighted by molar-refractivity contribution is 1.14. The van der Waals surface area contributed by atoms with Crippen LogP contribution < -0.4 is 0 Å². The van der Waals surface area contributed by atoms with E-state index in [0.717, 1.165) is 22.3 Å². The fourth-order valence-electron chi connectivity index (χ4n) is 2.49. The minimum atomic E-state index is 0.357. The van der Waals surface area contributed by atoms with Crippen LogP contribution in [0.4, 0.5) is 5.82 Å². The first-order valence-corrected chi connectivity index (χ1v) is 6.50. The lowest BCUT2D eigenvalue weighted by Crippen LogP contribution is -1.86. The molecule has 0 N–H and O–H groups in total. The number of nitrogens with zero attached hydrogens (tertiary/aromatic N) is 3. The molecule has 0 unspecified atom stereocenters. The van der Waals surface area contributed by atoms with Crippen LogP contribution in [0.1, 0.15) is 16.7 Å². The number of aryl methyl sites for hydroxylation is 3. The van der Waals surface area contributed by atoms with Crippen LogP contribution in [-0.4, -0.2) is 9.38 Å². The van der Waals surface area contributed by atoms with Crippen LogP contribution in [0, 0.1) is 25.7 Å². The molecule has 1 aromatic carbocycles. The van der Waals surface area contributed by atoms with E-state index in [1.807, 2.05) is 51.2 Å². The summed E-state index contributed by atoms with van der Waals surface area (Å²) >= 11 is 0. The highest BCUT2D eigenvalue weighted by Crippen LogP contribution is 2.33. The van der Waals surface area contributed by atoms with Crippen LogP contribution in [0.25, 0.3) is 16.9 Å². The molecule has 100 valence electrons. The quantitative estimate of drug-likeness (QED) is 0.647. The van der Waals surface area contributed by atoms with Crippen molar-refractivity contribution in [2.75, 3.05) is 0 Å². The number of rotatable bonds is 2. The zero-order chi connectivity index (χ0) is 14.3. The number of nitroso groups, excluding NO2 is 1. The third-order valence-corrected chi connectivity index (χ3v) is 3.46. The highest BCUT2D eigenvalue weighted by atomic mass is 16.3. The molecule has 0 saturated carbocycles. The average Bonchev–Trinajstić information content (AvgIpc) is 2.76. The maximum absolute atomic E-state index is 11.3. The van der Waals surface area contributed by atoms with Crippen molar-refractivity contribution in [3.8, 4) is 11.3 Å². The highest BCUT2D eigenvalue weighted by molar-refractivity contribution is 5.76. The van der Waals surface area contributed by atoms with Gasteiger partial charge in [-0.25, -0.2) is 4.98 Å². The third-order valence-electron chi connectivity index (χ3n) is 3.46. The Hall–Kier alpha value is -2.49. The van der Waals surface area contributed by atoms with Crippen LogP contribution >= 0.6 is 0 Å². The number of benzene rings is 1. The summed E-state index contributed by atoms with van der Waals surface area (Å²) in [6.07, 6.45) is 1.88. The Morgan fingerprint density at radius 3 is 2.50 bits per heavy atom. The van der Waals surface area contributed by atoms with E-state index in [1.54, 1.807) is 4.40 Å². The van der Waals surface area contributed by atoms with Gasteiger partial charge in [0.05, 0.1) is 0 Å². The lowest BCUT2D eigenvalue weighted by atomic mass is 10.0. The van der Waals surface area contributed by atoms with E-state index in [-0.39, 0.29) is 0 Å². The normalized spacial score (nSPS) is 10.9. The number of fused-ring (bicyclic) bond motifs is 1. The van der Waals surface area contributed by atoms with Crippen molar-refractivity contribution in [3.63, 3.8) is 0 Å². The number of pyridine rings is 1. The van der Waals surface area contributed by atoms with Gasteiger partial charge in [-0.3, -0.25) is 4.40 Å². The molecule has 4 heteroatoms. The number of imidazole rings is 1. The largest absolute Gasteiger partial charge is 0.281 e. The molecule has 20 heavy (non-hydrogen) atoms. The standard InChI is InChI=1S/C16H15N3O/c1-10-4-6-13(12(3)8-10)15-16(18-20)19-9-11(2)5-7-14(19)17-15/h4-9H,1-3H3. The van der Waals surface area contributed by atoms with Gasteiger partial charge in [0.25, 0.3) is 0 Å². The summed E-state index contributed by atoms with van der Waals surface area (Å²) in [7, 11) is 0. The van der Waals surface area contributed by atoms with E-state index in [4.69, 9.17) is 0 Å². The maximum atomic E-state index is 11.3. The van der Waals surface area contributed by atoms with Crippen molar-refractivity contribution >= 4 is 11.5 Å². The minimum Gasteiger partial charge on any atom is -0.281 e. The topological polar surface area (TPSA) is 46.7 Å². The molecule has 0 fully saturated rings. The van der Waals surface area contributed by atoms with E-state index in [0.29, 0.717) is 11.5 Å². The van der Waals surface area contributed by atoms with Crippen LogP contribution in [0.5, 0.6) is 0 Å². The van der Waals surface area contributed by atoms with E-state index in [9.17, 15) is 4.91 Å². The average molecular weight is 265 g/mol. The Morgan fingerprint density at radius 1 is 1.05 bits per heavy atom. The SMILES string of the molecule is Cc1ccc(-c2nc3ccc(C)cn3c2N=O)c(C)c1. The van der Waals surface area contributed by atoms with Gasteiger partial charge in [0, 0.05) is 11.8 Å². The van der Waals surface area contributed by atoms with Gasteiger partial charge < -0.3 is 0 Å². The Bertz CT molecular complexity index is 818. The van der Waals surface area contributed by atoms with E-state index in [2.05, 4.69) is 16.2 Å². The first-order chi connectivity index (χ1) is 9.60. The van der Waals surface area contributed by atoms with Gasteiger partial charge in [-0.15, -0.1) is 4.91 Å². The molecule has 0 atom stereocenters. The second-order valence-electron chi connectivity index (χ2n) is 5.13. The molecule has 2 heterocycles. The van der Waals surface area contributed by atoms with Crippen molar-refractivity contribution in [3.05, 3.63) is 58.1 Å². The summed E-state index contributed by atoms with van der Waals surface area (Å²) in [5, 5.41) is 3.19. The van der Waals surface area contributed by atoms with E-state index in [1.165, 1.54) is 5.56 Å². The first kappa shape index (κ1) is 12.5. The summed E-state index contributed by atoms with van der Waals surface area (Å²) < 4.78 is 1.75. The van der Waals surface area contributed by atoms with Crippen LogP contribution in [0.15, 0.2) is 41.7 Å². The Kier molecular flexibility index (Phi) is 2.86. The van der Waals surface area contributed by atoms with Crippen LogP contribution in [0.2, 0.25) is 0 Å². The van der Waals surface area contributed by atoms with Crippen molar-refractivity contribution in [1.29, 1.82) is 0 Å². The molecule has 0 aliphatic carbocycles. The fourth-order valence-corrected chi connectivity index (χ4v) is 2.49. The molecule has 4 nitrogen and oxygen atoms in total. The second kappa shape index (κ2) is 4.56. The molecular weight excluding hydrogens is 250 g/mol.